The van der Waals surface area contributed by atoms with Crippen LogP contribution in [0.15, 0.2) is 24.3 Å². The van der Waals surface area contributed by atoms with Crippen LogP contribution < -0.4 is 5.32 Å². The molecule has 0 saturated heterocycles. The molecule has 0 aromatic heterocycles. The third kappa shape index (κ3) is 12.6. The Morgan fingerprint density at radius 2 is 1.44 bits per heavy atom. The Balaban J connectivity index is -0.000000109. The third-order valence-corrected chi connectivity index (χ3v) is 1.50. The second-order valence-corrected chi connectivity index (χ2v) is 2.60. The van der Waals surface area contributed by atoms with E-state index in [-0.39, 0.29) is 28.4 Å². The molecule has 0 aliphatic rings. The lowest BCUT2D eigenvalue weighted by molar-refractivity contribution is -0.191. The smallest absolute Gasteiger partial charge is 0.316 e. The van der Waals surface area contributed by atoms with Crippen molar-refractivity contribution < 1.29 is 9.59 Å². The van der Waals surface area contributed by atoms with Crippen LogP contribution in [0.25, 0.3) is 0 Å². The first-order chi connectivity index (χ1) is 6.24. The van der Waals surface area contributed by atoms with E-state index in [4.69, 9.17) is 9.59 Å². The van der Waals surface area contributed by atoms with E-state index in [1.54, 1.807) is 0 Å². The van der Waals surface area contributed by atoms with E-state index in [2.05, 4.69) is 36.5 Å². The van der Waals surface area contributed by atoms with Crippen LogP contribution in [0, 0.1) is 6.92 Å². The monoisotopic (exact) mass is 227 g/mol. The van der Waals surface area contributed by atoms with Gasteiger partial charge in [-0.1, -0.05) is 52.1 Å². The van der Waals surface area contributed by atoms with Crippen LogP contribution in [0.5, 0.6) is 0 Å². The summed E-state index contributed by atoms with van der Waals surface area (Å²) in [6.07, 6.45) is 0.250. The quantitative estimate of drug-likeness (QED) is 0.844. The largest absolute Gasteiger partial charge is 0.373 e. The van der Waals surface area contributed by atoms with Gasteiger partial charge in [-0.15, -0.1) is 0 Å². The van der Waals surface area contributed by atoms with Crippen LogP contribution in [0.1, 0.15) is 33.4 Å². The Bertz CT molecular complexity index is 262. The fraction of sp³-hybridized carbons (Fsp3) is 0.462. The maximum absolute atomic E-state index is 8.12. The van der Waals surface area contributed by atoms with Crippen LogP contribution in [-0.4, -0.2) is 13.2 Å². The number of nitrogens with one attached hydrogen (secondary N) is 1. The number of carbonyl (C=O) groups excluding carboxylic acids is 2. The highest BCUT2D eigenvalue weighted by Crippen LogP contribution is 2.01. The summed E-state index contributed by atoms with van der Waals surface area (Å²) in [5.41, 5.74) is 2.66. The number of aryl methyl sites for hydroxylation is 1. The number of benzene rings is 1. The molecule has 0 unspecified atom stereocenters. The Hall–Kier alpha value is -1.44. The van der Waals surface area contributed by atoms with E-state index < -0.39 is 0 Å². The molecule has 0 aliphatic heterocycles. The average molecular weight is 227 g/mol. The maximum Gasteiger partial charge on any atom is 0.373 e. The van der Waals surface area contributed by atoms with E-state index in [1.165, 1.54) is 11.1 Å². The second kappa shape index (κ2) is 16.0. The molecule has 0 fully saturated rings. The molecule has 0 aliphatic carbocycles. The highest BCUT2D eigenvalue weighted by molar-refractivity contribution is 5.21. The van der Waals surface area contributed by atoms with Crippen molar-refractivity contribution in [2.45, 2.75) is 35.7 Å². The van der Waals surface area contributed by atoms with Crippen molar-refractivity contribution in [1.82, 2.24) is 5.32 Å². The molecular formula is C13H25NO2. The van der Waals surface area contributed by atoms with E-state index in [1.807, 2.05) is 7.05 Å². The minimum Gasteiger partial charge on any atom is -0.316 e. The molecule has 3 heteroatoms. The van der Waals surface area contributed by atoms with Crippen molar-refractivity contribution in [2.24, 2.45) is 0 Å². The van der Waals surface area contributed by atoms with Crippen LogP contribution in [0.3, 0.4) is 0 Å². The normalized spacial score (nSPS) is 6.62. The van der Waals surface area contributed by atoms with Crippen molar-refractivity contribution in [3.63, 3.8) is 0 Å². The van der Waals surface area contributed by atoms with Gasteiger partial charge in [0.25, 0.3) is 0 Å². The average Bonchev–Trinajstić information content (AvgIpc) is 2.11. The summed E-state index contributed by atoms with van der Waals surface area (Å²) in [6.45, 7) is 3.06. The first-order valence-electron chi connectivity index (χ1n) is 3.94. The van der Waals surface area contributed by atoms with Crippen LogP contribution in [0.2, 0.25) is 0 Å². The van der Waals surface area contributed by atoms with E-state index >= 15 is 0 Å². The lowest BCUT2D eigenvalue weighted by Crippen LogP contribution is -2.04. The maximum atomic E-state index is 8.12. The summed E-state index contributed by atoms with van der Waals surface area (Å²) in [6, 6.07) is 8.55. The third-order valence-electron chi connectivity index (χ3n) is 1.50. The Morgan fingerprint density at radius 3 is 1.75 bits per heavy atom. The predicted octanol–water partition coefficient (Wildman–Crippen LogP) is 3.04. The standard InChI is InChI=1S/C9H13N.CO2.3CH4/c1-8-3-5-9(6-4-8)7-10-2;2-1-3;;;/h3-6,10H,7H2,1-2H3;;3*1H4. The zero-order valence-electron chi connectivity index (χ0n) is 7.83. The molecule has 1 N–H and O–H groups in total. The molecule has 0 saturated carbocycles. The first kappa shape index (κ1) is 24.0. The summed E-state index contributed by atoms with van der Waals surface area (Å²) < 4.78 is 0. The minimum absolute atomic E-state index is 0. The summed E-state index contributed by atoms with van der Waals surface area (Å²) in [4.78, 5) is 16.2. The summed E-state index contributed by atoms with van der Waals surface area (Å²) >= 11 is 0. The van der Waals surface area contributed by atoms with Crippen molar-refractivity contribution in [2.75, 3.05) is 7.05 Å². The molecule has 0 amide bonds. The highest BCUT2D eigenvalue weighted by atomic mass is 16.2. The molecule has 0 bridgehead atoms. The van der Waals surface area contributed by atoms with Gasteiger partial charge in [0.05, 0.1) is 0 Å². The lowest BCUT2D eigenvalue weighted by Gasteiger charge is -1.98. The predicted molar refractivity (Wildman–Crippen MR) is 69.1 cm³/mol. The molecule has 0 radical (unpaired) electrons. The molecular weight excluding hydrogens is 202 g/mol. The Labute approximate surface area is 99.9 Å². The fourth-order valence-electron chi connectivity index (χ4n) is 0.910. The molecule has 1 aromatic carbocycles. The molecule has 0 spiro atoms. The van der Waals surface area contributed by atoms with Gasteiger partial charge in [-0.25, -0.2) is 0 Å². The van der Waals surface area contributed by atoms with Gasteiger partial charge < -0.3 is 5.32 Å². The van der Waals surface area contributed by atoms with Gasteiger partial charge in [0, 0.05) is 6.54 Å². The fourth-order valence-corrected chi connectivity index (χ4v) is 0.910. The number of rotatable bonds is 2. The summed E-state index contributed by atoms with van der Waals surface area (Å²) in [5, 5.41) is 3.10. The zero-order valence-corrected chi connectivity index (χ0v) is 7.83. The summed E-state index contributed by atoms with van der Waals surface area (Å²) in [7, 11) is 1.96. The zero-order chi connectivity index (χ0) is 10.1. The van der Waals surface area contributed by atoms with Gasteiger partial charge in [-0.2, -0.15) is 9.59 Å². The van der Waals surface area contributed by atoms with Gasteiger partial charge in [0.1, 0.15) is 0 Å². The Morgan fingerprint density at radius 1 is 1.06 bits per heavy atom. The molecule has 1 aromatic rings. The molecule has 0 heterocycles. The molecule has 3 nitrogen and oxygen atoms in total. The van der Waals surface area contributed by atoms with E-state index in [0.717, 1.165) is 6.54 Å². The first-order valence-corrected chi connectivity index (χ1v) is 3.94. The number of hydrogen-bond donors (Lipinski definition) is 1. The second-order valence-electron chi connectivity index (χ2n) is 2.60. The van der Waals surface area contributed by atoms with Crippen molar-refractivity contribution in [3.8, 4) is 0 Å². The topological polar surface area (TPSA) is 46.2 Å². The highest BCUT2D eigenvalue weighted by Gasteiger charge is 1.87. The molecule has 0 atom stereocenters. The van der Waals surface area contributed by atoms with Gasteiger partial charge in [0.2, 0.25) is 0 Å². The minimum atomic E-state index is 0. The van der Waals surface area contributed by atoms with Crippen LogP contribution in [-0.2, 0) is 16.1 Å². The van der Waals surface area contributed by atoms with Gasteiger partial charge >= 0.3 is 6.15 Å². The number of hydrogen-bond acceptors (Lipinski definition) is 3. The molecule has 16 heavy (non-hydrogen) atoms. The van der Waals surface area contributed by atoms with Crippen molar-refractivity contribution >= 4 is 6.15 Å². The summed E-state index contributed by atoms with van der Waals surface area (Å²) in [5.74, 6) is 0. The van der Waals surface area contributed by atoms with Gasteiger partial charge in [-0.05, 0) is 19.5 Å². The molecule has 1 rings (SSSR count). The van der Waals surface area contributed by atoms with E-state index in [9.17, 15) is 0 Å². The van der Waals surface area contributed by atoms with Crippen molar-refractivity contribution in [3.05, 3.63) is 35.4 Å². The lowest BCUT2D eigenvalue weighted by atomic mass is 10.1. The van der Waals surface area contributed by atoms with Crippen LogP contribution >= 0.6 is 0 Å². The Kier molecular flexibility index (Phi) is 24.0. The van der Waals surface area contributed by atoms with Gasteiger partial charge in [0.15, 0.2) is 0 Å². The van der Waals surface area contributed by atoms with Crippen LogP contribution in [0.4, 0.5) is 0 Å². The van der Waals surface area contributed by atoms with Gasteiger partial charge in [-0.3, -0.25) is 0 Å². The SMILES string of the molecule is C.C.C.CNCc1ccc(C)cc1.O=C=O. The van der Waals surface area contributed by atoms with Crippen molar-refractivity contribution in [1.29, 1.82) is 0 Å². The van der Waals surface area contributed by atoms with E-state index in [0.29, 0.717) is 0 Å². The molecule has 94 valence electrons.